The molecule has 4 aromatic rings. The molecule has 0 spiro atoms. The third kappa shape index (κ3) is 3.53. The number of H-pyrrole nitrogens is 2. The maximum absolute atomic E-state index is 13.2. The minimum Gasteiger partial charge on any atom is -0.306 e. The molecule has 0 fully saturated rings. The van der Waals surface area contributed by atoms with E-state index < -0.39 is 0 Å². The van der Waals surface area contributed by atoms with Crippen LogP contribution < -0.4 is 5.56 Å². The van der Waals surface area contributed by atoms with Crippen LogP contribution >= 0.6 is 0 Å². The Hall–Kier alpha value is -3.65. The van der Waals surface area contributed by atoms with Crippen LogP contribution in [0.4, 0.5) is 4.39 Å². The number of hydrogen-bond acceptors (Lipinski definition) is 5. The Labute approximate surface area is 171 Å². The smallest absolute Gasteiger partial charge is 0.255 e. The van der Waals surface area contributed by atoms with Crippen molar-refractivity contribution >= 4 is 0 Å². The fourth-order valence-electron chi connectivity index (χ4n) is 3.79. The maximum Gasteiger partial charge on any atom is 0.255 e. The monoisotopic (exact) mass is 402 g/mol. The Morgan fingerprint density at radius 1 is 1.10 bits per heavy atom. The van der Waals surface area contributed by atoms with Gasteiger partial charge in [0.05, 0.1) is 23.1 Å². The van der Waals surface area contributed by atoms with Crippen LogP contribution in [0.15, 0.2) is 59.8 Å². The van der Waals surface area contributed by atoms with E-state index in [1.165, 1.54) is 12.1 Å². The molecule has 0 radical (unpaired) electrons. The number of nitrogens with zero attached hydrogens (tertiary/aromatic N) is 4. The topological polar surface area (TPSA) is 90.6 Å². The average Bonchev–Trinajstić information content (AvgIpc) is 3.23. The van der Waals surface area contributed by atoms with Gasteiger partial charge in [0, 0.05) is 55.1 Å². The molecule has 1 aliphatic heterocycles. The number of hydrogen-bond donors (Lipinski definition) is 2. The van der Waals surface area contributed by atoms with Crippen molar-refractivity contribution in [2.24, 2.45) is 0 Å². The van der Waals surface area contributed by atoms with Crippen molar-refractivity contribution in [2.75, 3.05) is 6.54 Å². The molecule has 0 amide bonds. The molecule has 1 aromatic carbocycles. The Morgan fingerprint density at radius 2 is 1.97 bits per heavy atom. The molecule has 5 rings (SSSR count). The largest absolute Gasteiger partial charge is 0.306 e. The van der Waals surface area contributed by atoms with Gasteiger partial charge in [-0.2, -0.15) is 5.10 Å². The lowest BCUT2D eigenvalue weighted by atomic mass is 10.0. The van der Waals surface area contributed by atoms with Crippen molar-refractivity contribution in [3.05, 3.63) is 88.0 Å². The van der Waals surface area contributed by atoms with Gasteiger partial charge < -0.3 is 4.98 Å². The first-order chi connectivity index (χ1) is 14.7. The normalized spacial score (nSPS) is 13.9. The van der Waals surface area contributed by atoms with E-state index in [9.17, 15) is 9.18 Å². The summed E-state index contributed by atoms with van der Waals surface area (Å²) < 4.78 is 13.2. The summed E-state index contributed by atoms with van der Waals surface area (Å²) >= 11 is 0. The zero-order valence-electron chi connectivity index (χ0n) is 16.1. The van der Waals surface area contributed by atoms with E-state index in [4.69, 9.17) is 0 Å². The SMILES string of the molecule is O=c1[nH]c(-c2cccnc2)nc2c1CN(Cc1cn[nH]c1-c1ccc(F)cc1)CC2. The predicted molar refractivity (Wildman–Crippen MR) is 110 cm³/mol. The van der Waals surface area contributed by atoms with Gasteiger partial charge in [0.25, 0.3) is 5.56 Å². The van der Waals surface area contributed by atoms with Crippen molar-refractivity contribution in [1.29, 1.82) is 0 Å². The molecular weight excluding hydrogens is 383 g/mol. The van der Waals surface area contributed by atoms with Crippen LogP contribution in [0.25, 0.3) is 22.6 Å². The second-order valence-electron chi connectivity index (χ2n) is 7.32. The Kier molecular flexibility index (Phi) is 4.68. The van der Waals surface area contributed by atoms with E-state index >= 15 is 0 Å². The highest BCUT2D eigenvalue weighted by Gasteiger charge is 2.23. The van der Waals surface area contributed by atoms with Crippen LogP contribution in [0.2, 0.25) is 0 Å². The van der Waals surface area contributed by atoms with Gasteiger partial charge in [-0.15, -0.1) is 0 Å². The summed E-state index contributed by atoms with van der Waals surface area (Å²) in [6, 6.07) is 10.0. The number of aromatic nitrogens is 5. The molecule has 7 nitrogen and oxygen atoms in total. The lowest BCUT2D eigenvalue weighted by molar-refractivity contribution is 0.242. The number of benzene rings is 1. The summed E-state index contributed by atoms with van der Waals surface area (Å²) in [6.45, 7) is 1.93. The van der Waals surface area contributed by atoms with Crippen LogP contribution in [0.1, 0.15) is 16.8 Å². The van der Waals surface area contributed by atoms with Crippen LogP contribution in [0.3, 0.4) is 0 Å². The minimum atomic E-state index is -0.273. The molecule has 0 saturated heterocycles. The molecule has 8 heteroatoms. The van der Waals surface area contributed by atoms with Crippen LogP contribution in [-0.4, -0.2) is 36.6 Å². The van der Waals surface area contributed by atoms with Crippen molar-refractivity contribution in [2.45, 2.75) is 19.5 Å². The fourth-order valence-corrected chi connectivity index (χ4v) is 3.79. The van der Waals surface area contributed by atoms with Crippen molar-refractivity contribution < 1.29 is 4.39 Å². The summed E-state index contributed by atoms with van der Waals surface area (Å²) in [5, 5.41) is 7.16. The predicted octanol–water partition coefficient (Wildman–Crippen LogP) is 2.92. The molecule has 0 atom stereocenters. The summed E-state index contributed by atoms with van der Waals surface area (Å²) in [5.74, 6) is 0.276. The van der Waals surface area contributed by atoms with Crippen LogP contribution in [0, 0.1) is 5.82 Å². The number of halogens is 1. The minimum absolute atomic E-state index is 0.116. The highest BCUT2D eigenvalue weighted by atomic mass is 19.1. The number of fused-ring (bicyclic) bond motifs is 1. The average molecular weight is 402 g/mol. The maximum atomic E-state index is 13.2. The van der Waals surface area contributed by atoms with Crippen molar-refractivity contribution in [3.8, 4) is 22.6 Å². The van der Waals surface area contributed by atoms with Gasteiger partial charge >= 0.3 is 0 Å². The molecule has 150 valence electrons. The van der Waals surface area contributed by atoms with Crippen molar-refractivity contribution in [3.63, 3.8) is 0 Å². The standard InChI is InChI=1S/C22H19FN6O/c23-17-5-3-14(4-6-17)20-16(11-25-28-20)12-29-9-7-19-18(13-29)22(30)27-21(26-19)15-2-1-8-24-10-15/h1-6,8,10-11H,7,9,12-13H2,(H,25,28)(H,26,27,30). The first-order valence-corrected chi connectivity index (χ1v) is 9.70. The summed E-state index contributed by atoms with van der Waals surface area (Å²) in [6.07, 6.45) is 5.85. The van der Waals surface area contributed by atoms with E-state index in [1.54, 1.807) is 30.7 Å². The zero-order chi connectivity index (χ0) is 20.5. The lowest BCUT2D eigenvalue weighted by Crippen LogP contribution is -2.35. The molecule has 30 heavy (non-hydrogen) atoms. The quantitative estimate of drug-likeness (QED) is 0.548. The zero-order valence-corrected chi connectivity index (χ0v) is 16.1. The third-order valence-electron chi connectivity index (χ3n) is 5.33. The molecule has 3 aromatic heterocycles. The summed E-state index contributed by atoms with van der Waals surface area (Å²) in [7, 11) is 0. The van der Waals surface area contributed by atoms with Crippen molar-refractivity contribution in [1.82, 2.24) is 30.0 Å². The van der Waals surface area contributed by atoms with Gasteiger partial charge in [0.1, 0.15) is 11.6 Å². The first-order valence-electron chi connectivity index (χ1n) is 9.70. The molecule has 2 N–H and O–H groups in total. The molecule has 0 bridgehead atoms. The Balaban J connectivity index is 1.38. The Morgan fingerprint density at radius 3 is 2.77 bits per heavy atom. The van der Waals surface area contributed by atoms with E-state index in [1.807, 2.05) is 12.1 Å². The number of aromatic amines is 2. The number of pyridine rings is 1. The highest BCUT2D eigenvalue weighted by Crippen LogP contribution is 2.25. The Bertz CT molecular complexity index is 1230. The van der Waals surface area contributed by atoms with E-state index in [-0.39, 0.29) is 11.4 Å². The van der Waals surface area contributed by atoms with Gasteiger partial charge in [-0.3, -0.25) is 19.8 Å². The highest BCUT2D eigenvalue weighted by molar-refractivity contribution is 5.62. The molecule has 4 heterocycles. The molecule has 0 unspecified atom stereocenters. The number of nitrogens with one attached hydrogen (secondary N) is 2. The van der Waals surface area contributed by atoms with Gasteiger partial charge in [-0.25, -0.2) is 9.37 Å². The second-order valence-corrected chi connectivity index (χ2v) is 7.32. The van der Waals surface area contributed by atoms with E-state index in [0.29, 0.717) is 30.9 Å². The summed E-state index contributed by atoms with van der Waals surface area (Å²) in [5.41, 5.74) is 4.94. The molecular formula is C22H19FN6O. The van der Waals surface area contributed by atoms with Crippen LogP contribution in [-0.2, 0) is 19.5 Å². The molecule has 1 aliphatic rings. The number of rotatable bonds is 4. The van der Waals surface area contributed by atoms with Crippen LogP contribution in [0.5, 0.6) is 0 Å². The van der Waals surface area contributed by atoms with Gasteiger partial charge in [0.15, 0.2) is 0 Å². The second kappa shape index (κ2) is 7.64. The van der Waals surface area contributed by atoms with E-state index in [0.717, 1.165) is 34.6 Å². The van der Waals surface area contributed by atoms with Gasteiger partial charge in [-0.05, 0) is 36.4 Å². The van der Waals surface area contributed by atoms with Gasteiger partial charge in [-0.1, -0.05) is 0 Å². The first kappa shape index (κ1) is 18.4. The summed E-state index contributed by atoms with van der Waals surface area (Å²) in [4.78, 5) is 26.6. The third-order valence-corrected chi connectivity index (χ3v) is 5.33. The van der Waals surface area contributed by atoms with Gasteiger partial charge in [0.2, 0.25) is 0 Å². The van der Waals surface area contributed by atoms with E-state index in [2.05, 4.69) is 30.0 Å². The lowest BCUT2D eigenvalue weighted by Gasteiger charge is -2.27. The fraction of sp³-hybridized carbons (Fsp3) is 0.182. The molecule has 0 saturated carbocycles. The molecule has 0 aliphatic carbocycles.